The van der Waals surface area contributed by atoms with Gasteiger partial charge in [-0.1, -0.05) is 117 Å². The van der Waals surface area contributed by atoms with Crippen molar-refractivity contribution in [3.63, 3.8) is 0 Å². The molecule has 0 aromatic heterocycles. The van der Waals surface area contributed by atoms with Crippen LogP contribution in [0.3, 0.4) is 0 Å². The third-order valence-electron chi connectivity index (χ3n) is 5.33. The Labute approximate surface area is 170 Å². The zero-order valence-corrected chi connectivity index (χ0v) is 19.6. The van der Waals surface area contributed by atoms with Crippen LogP contribution in [0.15, 0.2) is 0 Å². The van der Waals surface area contributed by atoms with E-state index in [1.165, 1.54) is 89.9 Å². The first-order valence-electron chi connectivity index (χ1n) is 12.0. The van der Waals surface area contributed by atoms with Gasteiger partial charge >= 0.3 is 7.60 Å². The van der Waals surface area contributed by atoms with Crippen LogP contribution in [-0.2, 0) is 9.09 Å². The highest BCUT2D eigenvalue weighted by Crippen LogP contribution is 2.44. The van der Waals surface area contributed by atoms with E-state index in [-0.39, 0.29) is 6.10 Å². The van der Waals surface area contributed by atoms with Gasteiger partial charge in [0.05, 0.1) is 6.10 Å². The van der Waals surface area contributed by atoms with E-state index in [0.29, 0.717) is 6.16 Å². The summed E-state index contributed by atoms with van der Waals surface area (Å²) in [5, 5.41) is 0. The van der Waals surface area contributed by atoms with Crippen molar-refractivity contribution in [1.82, 2.24) is 0 Å². The first-order valence-corrected chi connectivity index (χ1v) is 13.8. The Hall–Kier alpha value is 0.150. The van der Waals surface area contributed by atoms with Crippen molar-refractivity contribution in [3.05, 3.63) is 0 Å². The van der Waals surface area contributed by atoms with E-state index < -0.39 is 7.60 Å². The van der Waals surface area contributed by atoms with Crippen LogP contribution in [-0.4, -0.2) is 17.2 Å². The van der Waals surface area contributed by atoms with Crippen LogP contribution in [0, 0.1) is 0 Å². The van der Waals surface area contributed by atoms with Crippen molar-refractivity contribution in [1.29, 1.82) is 0 Å². The summed E-state index contributed by atoms with van der Waals surface area (Å²) in [5.41, 5.74) is 0. The quantitative estimate of drug-likeness (QED) is 0.154. The molecule has 27 heavy (non-hydrogen) atoms. The molecule has 1 N–H and O–H groups in total. The fraction of sp³-hybridized carbons (Fsp3) is 1.00. The monoisotopic (exact) mass is 404 g/mol. The minimum atomic E-state index is -3.37. The van der Waals surface area contributed by atoms with Gasteiger partial charge in [0.2, 0.25) is 0 Å². The molecule has 0 aliphatic heterocycles. The third-order valence-corrected chi connectivity index (χ3v) is 6.90. The van der Waals surface area contributed by atoms with Gasteiger partial charge in [0.15, 0.2) is 0 Å². The van der Waals surface area contributed by atoms with E-state index in [1.807, 2.05) is 6.92 Å². The number of rotatable bonds is 21. The summed E-state index contributed by atoms with van der Waals surface area (Å²) in [6.07, 6.45) is 23.1. The molecule has 0 rings (SSSR count). The maximum atomic E-state index is 12.0. The highest BCUT2D eigenvalue weighted by atomic mass is 31.2. The molecule has 0 bridgehead atoms. The Morgan fingerprint density at radius 1 is 0.667 bits per heavy atom. The summed E-state index contributed by atoms with van der Waals surface area (Å²) in [6, 6.07) is 0. The van der Waals surface area contributed by atoms with Gasteiger partial charge < -0.3 is 9.42 Å². The molecule has 0 radical (unpaired) electrons. The van der Waals surface area contributed by atoms with Crippen molar-refractivity contribution in [2.24, 2.45) is 0 Å². The van der Waals surface area contributed by atoms with Crippen LogP contribution in [0.2, 0.25) is 0 Å². The van der Waals surface area contributed by atoms with Gasteiger partial charge in [0.25, 0.3) is 0 Å². The molecule has 0 saturated heterocycles. The summed E-state index contributed by atoms with van der Waals surface area (Å²) in [4.78, 5) is 9.86. The number of unbranched alkanes of at least 4 members (excludes halogenated alkanes) is 15. The molecule has 0 heterocycles. The van der Waals surface area contributed by atoms with Gasteiger partial charge in [-0.3, -0.25) is 4.57 Å². The second kappa shape index (κ2) is 19.5. The molecule has 0 saturated carbocycles. The average molecular weight is 405 g/mol. The molecule has 0 amide bonds. The Balaban J connectivity index is 3.28. The summed E-state index contributed by atoms with van der Waals surface area (Å²) in [7, 11) is -3.37. The molecule has 0 spiro atoms. The Morgan fingerprint density at radius 3 is 1.41 bits per heavy atom. The highest BCUT2D eigenvalue weighted by molar-refractivity contribution is 7.52. The molecular weight excluding hydrogens is 355 g/mol. The predicted octanol–water partition coefficient (Wildman–Crippen LogP) is 8.64. The molecule has 0 aliphatic rings. The van der Waals surface area contributed by atoms with E-state index >= 15 is 0 Å². The average Bonchev–Trinajstić information content (AvgIpc) is 2.61. The fourth-order valence-electron chi connectivity index (χ4n) is 3.65. The van der Waals surface area contributed by atoms with Crippen LogP contribution in [0.5, 0.6) is 0 Å². The minimum Gasteiger partial charge on any atom is -0.324 e. The fourth-order valence-corrected chi connectivity index (χ4v) is 5.05. The Kier molecular flexibility index (Phi) is 19.6. The van der Waals surface area contributed by atoms with E-state index in [0.717, 1.165) is 25.7 Å². The molecule has 0 aromatic carbocycles. The third kappa shape index (κ3) is 20.7. The summed E-state index contributed by atoms with van der Waals surface area (Å²) >= 11 is 0. The Bertz CT molecular complexity index is 347. The molecule has 164 valence electrons. The lowest BCUT2D eigenvalue weighted by molar-refractivity contribution is 0.179. The normalized spacial score (nSPS) is 15.0. The standard InChI is InChI=1S/C23H49O3P/c1-4-6-7-8-9-10-11-12-13-14-15-16-17-18-19-20-22-27(24,25)26-23(3)21-5-2/h23H,4-22H2,1-3H3,(H,24,25). The van der Waals surface area contributed by atoms with Gasteiger partial charge in [-0.2, -0.15) is 0 Å². The Morgan fingerprint density at radius 2 is 1.04 bits per heavy atom. The van der Waals surface area contributed by atoms with E-state index in [1.54, 1.807) is 0 Å². The summed E-state index contributed by atoms with van der Waals surface area (Å²) in [5.74, 6) is 0. The smallest absolute Gasteiger partial charge is 0.324 e. The lowest BCUT2D eigenvalue weighted by atomic mass is 10.0. The summed E-state index contributed by atoms with van der Waals surface area (Å²) in [6.45, 7) is 6.23. The number of hydrogen-bond donors (Lipinski definition) is 1. The lowest BCUT2D eigenvalue weighted by Gasteiger charge is -2.17. The van der Waals surface area contributed by atoms with Crippen LogP contribution in [0.4, 0.5) is 0 Å². The lowest BCUT2D eigenvalue weighted by Crippen LogP contribution is -2.07. The van der Waals surface area contributed by atoms with Crippen molar-refractivity contribution in [2.45, 2.75) is 142 Å². The van der Waals surface area contributed by atoms with Gasteiger partial charge in [-0.25, -0.2) is 0 Å². The van der Waals surface area contributed by atoms with Crippen LogP contribution >= 0.6 is 7.60 Å². The molecule has 0 fully saturated rings. The van der Waals surface area contributed by atoms with E-state index in [9.17, 15) is 9.46 Å². The van der Waals surface area contributed by atoms with Crippen molar-refractivity contribution in [3.8, 4) is 0 Å². The van der Waals surface area contributed by atoms with Gasteiger partial charge in [-0.15, -0.1) is 0 Å². The maximum absolute atomic E-state index is 12.0. The van der Waals surface area contributed by atoms with Crippen LogP contribution in [0.25, 0.3) is 0 Å². The molecule has 0 aromatic rings. The molecular formula is C23H49O3P. The topological polar surface area (TPSA) is 46.5 Å². The zero-order valence-electron chi connectivity index (χ0n) is 18.7. The zero-order chi connectivity index (χ0) is 20.2. The van der Waals surface area contributed by atoms with Crippen LogP contribution < -0.4 is 0 Å². The van der Waals surface area contributed by atoms with Crippen LogP contribution in [0.1, 0.15) is 136 Å². The molecule has 4 heteroatoms. The van der Waals surface area contributed by atoms with Crippen molar-refractivity contribution < 1.29 is 14.0 Å². The molecule has 0 aliphatic carbocycles. The first kappa shape index (κ1) is 27.1. The molecule has 3 nitrogen and oxygen atoms in total. The van der Waals surface area contributed by atoms with Gasteiger partial charge in [-0.05, 0) is 19.8 Å². The van der Waals surface area contributed by atoms with E-state index in [4.69, 9.17) is 4.52 Å². The largest absolute Gasteiger partial charge is 0.328 e. The molecule has 2 unspecified atom stereocenters. The van der Waals surface area contributed by atoms with Gasteiger partial charge in [0, 0.05) is 6.16 Å². The molecule has 2 atom stereocenters. The summed E-state index contributed by atoms with van der Waals surface area (Å²) < 4.78 is 17.3. The number of hydrogen-bond acceptors (Lipinski definition) is 2. The first-order chi connectivity index (χ1) is 13.0. The minimum absolute atomic E-state index is 0.105. The van der Waals surface area contributed by atoms with E-state index in [2.05, 4.69) is 13.8 Å². The van der Waals surface area contributed by atoms with Crippen molar-refractivity contribution >= 4 is 7.60 Å². The van der Waals surface area contributed by atoms with Gasteiger partial charge in [0.1, 0.15) is 0 Å². The second-order valence-corrected chi connectivity index (χ2v) is 10.3. The van der Waals surface area contributed by atoms with Crippen molar-refractivity contribution in [2.75, 3.05) is 6.16 Å². The second-order valence-electron chi connectivity index (χ2n) is 8.37. The predicted molar refractivity (Wildman–Crippen MR) is 120 cm³/mol. The maximum Gasteiger partial charge on any atom is 0.328 e. The highest BCUT2D eigenvalue weighted by Gasteiger charge is 2.21. The SMILES string of the molecule is CCCCCCCCCCCCCCCCCCP(=O)(O)OC(C)CCC.